The number of hydrogen-bond acceptors (Lipinski definition) is 3. The largest absolute Gasteiger partial charge is 0.375 e. The molecule has 1 unspecified atom stereocenters. The van der Waals surface area contributed by atoms with Gasteiger partial charge in [0.2, 0.25) is 0 Å². The van der Waals surface area contributed by atoms with E-state index in [0.29, 0.717) is 6.04 Å². The SMILES string of the molecule is CCC1(CC)CC(NCc2c(Cl)c(C)nn2C)CCO1. The third kappa shape index (κ3) is 3.18. The molecule has 0 amide bonds. The van der Waals surface area contributed by atoms with Crippen LogP contribution in [0, 0.1) is 6.92 Å². The lowest BCUT2D eigenvalue weighted by atomic mass is 9.86. The Morgan fingerprint density at radius 2 is 2.15 bits per heavy atom. The quantitative estimate of drug-likeness (QED) is 0.907. The zero-order valence-electron chi connectivity index (χ0n) is 13.0. The van der Waals surface area contributed by atoms with E-state index >= 15 is 0 Å². The van der Waals surface area contributed by atoms with Crippen LogP contribution in [0.1, 0.15) is 50.9 Å². The number of rotatable bonds is 5. The average molecular weight is 300 g/mol. The Morgan fingerprint density at radius 3 is 2.70 bits per heavy atom. The Morgan fingerprint density at radius 1 is 1.45 bits per heavy atom. The lowest BCUT2D eigenvalue weighted by Gasteiger charge is -2.40. The summed E-state index contributed by atoms with van der Waals surface area (Å²) in [6, 6.07) is 0.495. The standard InChI is InChI=1S/C15H26ClN3O/c1-5-15(6-2)9-12(7-8-20-15)17-10-13-14(16)11(3)18-19(13)4/h12,17H,5-10H2,1-4H3. The van der Waals surface area contributed by atoms with Crippen molar-refractivity contribution in [3.8, 4) is 0 Å². The van der Waals surface area contributed by atoms with Gasteiger partial charge < -0.3 is 10.1 Å². The average Bonchev–Trinajstić information content (AvgIpc) is 2.70. The van der Waals surface area contributed by atoms with Gasteiger partial charge >= 0.3 is 0 Å². The van der Waals surface area contributed by atoms with E-state index in [1.165, 1.54) is 0 Å². The molecule has 4 nitrogen and oxygen atoms in total. The maximum Gasteiger partial charge on any atom is 0.0860 e. The Bertz CT molecular complexity index is 454. The monoisotopic (exact) mass is 299 g/mol. The van der Waals surface area contributed by atoms with Crippen LogP contribution in [-0.4, -0.2) is 28.0 Å². The molecule has 2 rings (SSSR count). The van der Waals surface area contributed by atoms with E-state index in [1.807, 2.05) is 18.7 Å². The van der Waals surface area contributed by atoms with Crippen molar-refractivity contribution in [1.82, 2.24) is 15.1 Å². The predicted molar refractivity (Wildman–Crippen MR) is 82.1 cm³/mol. The molecule has 0 spiro atoms. The predicted octanol–water partition coefficient (Wildman–Crippen LogP) is 3.21. The van der Waals surface area contributed by atoms with Crippen LogP contribution < -0.4 is 5.32 Å². The van der Waals surface area contributed by atoms with Crippen LogP contribution in [-0.2, 0) is 18.3 Å². The van der Waals surface area contributed by atoms with Crippen LogP contribution in [0.2, 0.25) is 5.02 Å². The first kappa shape index (κ1) is 15.8. The van der Waals surface area contributed by atoms with Gasteiger partial charge in [0.1, 0.15) is 0 Å². The molecular formula is C15H26ClN3O. The fourth-order valence-electron chi connectivity index (χ4n) is 3.06. The van der Waals surface area contributed by atoms with Crippen molar-refractivity contribution in [3.05, 3.63) is 16.4 Å². The zero-order chi connectivity index (χ0) is 14.8. The van der Waals surface area contributed by atoms with Gasteiger partial charge in [-0.05, 0) is 32.6 Å². The molecule has 0 aromatic carbocycles. The molecule has 1 aliphatic rings. The van der Waals surface area contributed by atoms with Crippen LogP contribution in [0.15, 0.2) is 0 Å². The second-order valence-electron chi connectivity index (χ2n) is 5.78. The summed E-state index contributed by atoms with van der Waals surface area (Å²) in [5, 5.41) is 8.77. The maximum absolute atomic E-state index is 6.29. The topological polar surface area (TPSA) is 39.1 Å². The summed E-state index contributed by atoms with van der Waals surface area (Å²) in [4.78, 5) is 0. The van der Waals surface area contributed by atoms with Gasteiger partial charge in [-0.15, -0.1) is 0 Å². The molecule has 0 aliphatic carbocycles. The van der Waals surface area contributed by atoms with Gasteiger partial charge in [0, 0.05) is 26.2 Å². The second-order valence-corrected chi connectivity index (χ2v) is 6.16. The second kappa shape index (κ2) is 6.46. The normalized spacial score (nSPS) is 22.1. The highest BCUT2D eigenvalue weighted by atomic mass is 35.5. The number of aryl methyl sites for hydroxylation is 2. The van der Waals surface area contributed by atoms with E-state index in [9.17, 15) is 0 Å². The Kier molecular flexibility index (Phi) is 5.10. The van der Waals surface area contributed by atoms with Gasteiger partial charge in [-0.2, -0.15) is 5.10 Å². The van der Waals surface area contributed by atoms with E-state index in [0.717, 1.165) is 55.2 Å². The van der Waals surface area contributed by atoms with Crippen LogP contribution in [0.5, 0.6) is 0 Å². The summed E-state index contributed by atoms with van der Waals surface area (Å²) in [6.07, 6.45) is 4.30. The molecule has 1 fully saturated rings. The van der Waals surface area contributed by atoms with Crippen molar-refractivity contribution in [3.63, 3.8) is 0 Å². The van der Waals surface area contributed by atoms with Crippen molar-refractivity contribution in [2.24, 2.45) is 7.05 Å². The van der Waals surface area contributed by atoms with Gasteiger partial charge in [-0.3, -0.25) is 4.68 Å². The highest BCUT2D eigenvalue weighted by Gasteiger charge is 2.34. The number of nitrogens with one attached hydrogen (secondary N) is 1. The van der Waals surface area contributed by atoms with Crippen molar-refractivity contribution in [2.45, 2.75) is 64.6 Å². The van der Waals surface area contributed by atoms with Gasteiger partial charge in [0.15, 0.2) is 0 Å². The number of ether oxygens (including phenoxy) is 1. The van der Waals surface area contributed by atoms with Gasteiger partial charge in [0.25, 0.3) is 0 Å². The number of aromatic nitrogens is 2. The Labute approximate surface area is 126 Å². The van der Waals surface area contributed by atoms with Crippen LogP contribution in [0.4, 0.5) is 0 Å². The van der Waals surface area contributed by atoms with Gasteiger partial charge in [0.05, 0.1) is 22.0 Å². The fraction of sp³-hybridized carbons (Fsp3) is 0.800. The van der Waals surface area contributed by atoms with Crippen LogP contribution in [0.3, 0.4) is 0 Å². The summed E-state index contributed by atoms with van der Waals surface area (Å²) in [5.74, 6) is 0. The summed E-state index contributed by atoms with van der Waals surface area (Å²) >= 11 is 6.29. The van der Waals surface area contributed by atoms with Crippen LogP contribution in [0.25, 0.3) is 0 Å². The fourth-order valence-corrected chi connectivity index (χ4v) is 3.28. The summed E-state index contributed by atoms with van der Waals surface area (Å²) in [7, 11) is 1.95. The van der Waals surface area contributed by atoms with E-state index in [-0.39, 0.29) is 5.60 Å². The summed E-state index contributed by atoms with van der Waals surface area (Å²) < 4.78 is 7.89. The molecule has 1 saturated heterocycles. The first-order valence-electron chi connectivity index (χ1n) is 7.56. The minimum atomic E-state index is 0.0576. The lowest BCUT2D eigenvalue weighted by molar-refractivity contribution is -0.0932. The van der Waals surface area contributed by atoms with Gasteiger partial charge in [-0.1, -0.05) is 25.4 Å². The molecule has 1 aromatic rings. The van der Waals surface area contributed by atoms with E-state index in [2.05, 4.69) is 24.3 Å². The number of hydrogen-bond donors (Lipinski definition) is 1. The summed E-state index contributed by atoms with van der Waals surface area (Å²) in [6.45, 7) is 7.99. The highest BCUT2D eigenvalue weighted by Crippen LogP contribution is 2.31. The maximum atomic E-state index is 6.29. The molecule has 1 aliphatic heterocycles. The van der Waals surface area contributed by atoms with Crippen molar-refractivity contribution >= 4 is 11.6 Å². The molecule has 5 heteroatoms. The number of halogens is 1. The first-order valence-corrected chi connectivity index (χ1v) is 7.94. The van der Waals surface area contributed by atoms with Crippen LogP contribution >= 0.6 is 11.6 Å². The molecule has 20 heavy (non-hydrogen) atoms. The smallest absolute Gasteiger partial charge is 0.0860 e. The highest BCUT2D eigenvalue weighted by molar-refractivity contribution is 6.31. The van der Waals surface area contributed by atoms with Crippen molar-refractivity contribution in [2.75, 3.05) is 6.61 Å². The molecule has 1 aromatic heterocycles. The third-order valence-corrected chi connectivity index (χ3v) is 5.09. The van der Waals surface area contributed by atoms with Crippen molar-refractivity contribution in [1.29, 1.82) is 0 Å². The molecule has 0 radical (unpaired) electrons. The van der Waals surface area contributed by atoms with E-state index in [1.54, 1.807) is 0 Å². The van der Waals surface area contributed by atoms with Crippen molar-refractivity contribution < 1.29 is 4.74 Å². The minimum Gasteiger partial charge on any atom is -0.375 e. The number of nitrogens with zero attached hydrogens (tertiary/aromatic N) is 2. The molecule has 114 valence electrons. The van der Waals surface area contributed by atoms with E-state index in [4.69, 9.17) is 16.3 Å². The molecular weight excluding hydrogens is 274 g/mol. The molecule has 1 atom stereocenters. The van der Waals surface area contributed by atoms with E-state index < -0.39 is 0 Å². The Hall–Kier alpha value is -0.580. The van der Waals surface area contributed by atoms with Gasteiger partial charge in [-0.25, -0.2) is 0 Å². The molecule has 0 saturated carbocycles. The lowest BCUT2D eigenvalue weighted by Crippen LogP contribution is -2.46. The molecule has 0 bridgehead atoms. The molecule has 1 N–H and O–H groups in total. The molecule has 2 heterocycles. The third-order valence-electron chi connectivity index (χ3n) is 4.60. The Balaban J connectivity index is 1.97. The zero-order valence-corrected chi connectivity index (χ0v) is 13.8. The minimum absolute atomic E-state index is 0.0576. The first-order chi connectivity index (χ1) is 9.51. The summed E-state index contributed by atoms with van der Waals surface area (Å²) in [5.41, 5.74) is 2.02.